The summed E-state index contributed by atoms with van der Waals surface area (Å²) in [6, 6.07) is 5.28. The molecule has 0 radical (unpaired) electrons. The molecule has 0 saturated carbocycles. The van der Waals surface area contributed by atoms with Crippen LogP contribution in [0.4, 0.5) is 0 Å². The Bertz CT molecular complexity index is 886. The quantitative estimate of drug-likeness (QED) is 0.754. The van der Waals surface area contributed by atoms with E-state index in [0.29, 0.717) is 18.7 Å². The zero-order valence-electron chi connectivity index (χ0n) is 14.4. The van der Waals surface area contributed by atoms with E-state index in [2.05, 4.69) is 30.2 Å². The molecule has 26 heavy (non-hydrogen) atoms. The second-order valence-corrected chi connectivity index (χ2v) is 6.32. The molecule has 1 aliphatic heterocycles. The van der Waals surface area contributed by atoms with Gasteiger partial charge in [-0.3, -0.25) is 9.78 Å². The Labute approximate surface area is 150 Å². The number of nitrogens with one attached hydrogen (secondary N) is 1. The fourth-order valence-corrected chi connectivity index (χ4v) is 3.14. The summed E-state index contributed by atoms with van der Waals surface area (Å²) >= 11 is 0. The molecule has 0 fully saturated rings. The van der Waals surface area contributed by atoms with E-state index in [-0.39, 0.29) is 11.6 Å². The van der Waals surface area contributed by atoms with E-state index in [4.69, 9.17) is 4.52 Å². The van der Waals surface area contributed by atoms with E-state index in [1.807, 2.05) is 6.07 Å². The number of rotatable bonds is 5. The van der Waals surface area contributed by atoms with Crippen LogP contribution in [0.3, 0.4) is 0 Å². The first-order valence-electron chi connectivity index (χ1n) is 8.87. The topological polar surface area (TPSA) is 98.7 Å². The van der Waals surface area contributed by atoms with Crippen molar-refractivity contribution in [3.8, 4) is 11.3 Å². The molecular formula is C18H20N6O2. The maximum atomic E-state index is 12.3. The minimum Gasteiger partial charge on any atom is -0.355 e. The predicted molar refractivity (Wildman–Crippen MR) is 93.3 cm³/mol. The number of hydrogen-bond acceptors (Lipinski definition) is 6. The molecule has 4 rings (SSSR count). The molecule has 1 N–H and O–H groups in total. The van der Waals surface area contributed by atoms with Crippen molar-refractivity contribution in [2.45, 2.75) is 38.6 Å². The van der Waals surface area contributed by atoms with E-state index < -0.39 is 0 Å². The summed E-state index contributed by atoms with van der Waals surface area (Å²) in [5, 5.41) is 15.3. The van der Waals surface area contributed by atoms with Gasteiger partial charge in [-0.2, -0.15) is 0 Å². The predicted octanol–water partition coefficient (Wildman–Crippen LogP) is 2.03. The summed E-state index contributed by atoms with van der Waals surface area (Å²) in [5.74, 6) is 2.24. The average molecular weight is 352 g/mol. The molecule has 0 atom stereocenters. The lowest BCUT2D eigenvalue weighted by Crippen LogP contribution is -2.26. The number of carbonyl (C=O) groups is 1. The Hall–Kier alpha value is -3.03. The Morgan fingerprint density at radius 2 is 2.23 bits per heavy atom. The first-order chi connectivity index (χ1) is 12.8. The molecule has 0 spiro atoms. The molecule has 134 valence electrons. The van der Waals surface area contributed by atoms with E-state index in [9.17, 15) is 4.79 Å². The molecule has 1 aliphatic rings. The first kappa shape index (κ1) is 16.4. The standard InChI is InChI=1S/C18H20N6O2/c25-18(14-11-15(26-23-14)13-5-4-8-19-12-13)20-9-7-17-22-21-16-6-2-1-3-10-24(16)17/h4-5,8,11-12H,1-3,6-7,9-10H2,(H,20,25). The Kier molecular flexibility index (Phi) is 4.72. The van der Waals surface area contributed by atoms with Crippen LogP contribution >= 0.6 is 0 Å². The van der Waals surface area contributed by atoms with E-state index >= 15 is 0 Å². The van der Waals surface area contributed by atoms with Crippen LogP contribution in [-0.2, 0) is 19.4 Å². The average Bonchev–Trinajstić information content (AvgIpc) is 3.24. The largest absolute Gasteiger partial charge is 0.355 e. The van der Waals surface area contributed by atoms with Gasteiger partial charge in [-0.05, 0) is 25.0 Å². The fourth-order valence-electron chi connectivity index (χ4n) is 3.14. The molecule has 0 saturated heterocycles. The molecule has 0 bridgehead atoms. The number of hydrogen-bond donors (Lipinski definition) is 1. The van der Waals surface area contributed by atoms with Crippen molar-refractivity contribution >= 4 is 5.91 Å². The number of nitrogens with zero attached hydrogens (tertiary/aromatic N) is 5. The lowest BCUT2D eigenvalue weighted by molar-refractivity contribution is 0.0945. The summed E-state index contributed by atoms with van der Waals surface area (Å²) in [6.45, 7) is 1.44. The van der Waals surface area contributed by atoms with Gasteiger partial charge in [0.05, 0.1) is 0 Å². The van der Waals surface area contributed by atoms with Gasteiger partial charge in [-0.1, -0.05) is 11.6 Å². The van der Waals surface area contributed by atoms with Gasteiger partial charge >= 0.3 is 0 Å². The van der Waals surface area contributed by atoms with Crippen LogP contribution in [0.5, 0.6) is 0 Å². The number of pyridine rings is 1. The molecule has 0 aromatic carbocycles. The SMILES string of the molecule is O=C(NCCc1nnc2n1CCCCC2)c1cc(-c2cccnc2)on1. The van der Waals surface area contributed by atoms with Crippen LogP contribution in [0.2, 0.25) is 0 Å². The third-order valence-corrected chi connectivity index (χ3v) is 4.51. The third kappa shape index (κ3) is 3.49. The molecule has 3 aromatic rings. The van der Waals surface area contributed by atoms with Gasteiger partial charge in [0.2, 0.25) is 0 Å². The van der Waals surface area contributed by atoms with Gasteiger partial charge in [0.1, 0.15) is 11.6 Å². The summed E-state index contributed by atoms with van der Waals surface area (Å²) in [5.41, 5.74) is 1.04. The highest BCUT2D eigenvalue weighted by Gasteiger charge is 2.16. The summed E-state index contributed by atoms with van der Waals surface area (Å²) in [7, 11) is 0. The van der Waals surface area contributed by atoms with Crippen molar-refractivity contribution in [1.29, 1.82) is 0 Å². The monoisotopic (exact) mass is 352 g/mol. The lowest BCUT2D eigenvalue weighted by atomic mass is 10.2. The normalized spacial score (nSPS) is 13.8. The molecule has 0 unspecified atom stereocenters. The second kappa shape index (κ2) is 7.47. The van der Waals surface area contributed by atoms with Crippen LogP contribution in [0.15, 0.2) is 35.1 Å². The van der Waals surface area contributed by atoms with Crippen molar-refractivity contribution in [3.05, 3.63) is 47.9 Å². The zero-order chi connectivity index (χ0) is 17.8. The zero-order valence-corrected chi connectivity index (χ0v) is 14.4. The minimum atomic E-state index is -0.264. The number of carbonyl (C=O) groups excluding carboxylic acids is 1. The molecule has 0 aliphatic carbocycles. The molecule has 4 heterocycles. The third-order valence-electron chi connectivity index (χ3n) is 4.51. The van der Waals surface area contributed by atoms with Gasteiger partial charge in [0.25, 0.3) is 5.91 Å². The highest BCUT2D eigenvalue weighted by Crippen LogP contribution is 2.19. The molecule has 3 aromatic heterocycles. The smallest absolute Gasteiger partial charge is 0.273 e. The van der Waals surface area contributed by atoms with Crippen molar-refractivity contribution in [2.24, 2.45) is 0 Å². The van der Waals surface area contributed by atoms with Gasteiger partial charge < -0.3 is 14.4 Å². The molecular weight excluding hydrogens is 332 g/mol. The Morgan fingerprint density at radius 3 is 3.12 bits per heavy atom. The molecule has 8 heteroatoms. The molecule has 8 nitrogen and oxygen atoms in total. The van der Waals surface area contributed by atoms with Crippen molar-refractivity contribution in [2.75, 3.05) is 6.54 Å². The lowest BCUT2D eigenvalue weighted by Gasteiger charge is -2.07. The van der Waals surface area contributed by atoms with Gasteiger partial charge in [0.15, 0.2) is 11.5 Å². The maximum Gasteiger partial charge on any atom is 0.273 e. The maximum absolute atomic E-state index is 12.3. The van der Waals surface area contributed by atoms with E-state index in [1.54, 1.807) is 24.5 Å². The second-order valence-electron chi connectivity index (χ2n) is 6.32. The van der Waals surface area contributed by atoms with Crippen molar-refractivity contribution in [3.63, 3.8) is 0 Å². The number of fused-ring (bicyclic) bond motifs is 1. The van der Waals surface area contributed by atoms with Crippen LogP contribution in [0.25, 0.3) is 11.3 Å². The number of amides is 1. The van der Waals surface area contributed by atoms with Gasteiger partial charge in [-0.25, -0.2) is 0 Å². The van der Waals surface area contributed by atoms with Crippen LogP contribution in [0.1, 0.15) is 41.4 Å². The number of aryl methyl sites for hydroxylation is 1. The highest BCUT2D eigenvalue weighted by atomic mass is 16.5. The van der Waals surface area contributed by atoms with Gasteiger partial charge in [0, 0.05) is 50.0 Å². The van der Waals surface area contributed by atoms with E-state index in [1.165, 1.54) is 12.8 Å². The summed E-state index contributed by atoms with van der Waals surface area (Å²) < 4.78 is 7.43. The first-order valence-corrected chi connectivity index (χ1v) is 8.87. The molecule has 1 amide bonds. The van der Waals surface area contributed by atoms with Crippen LogP contribution in [0, 0.1) is 0 Å². The summed E-state index contributed by atoms with van der Waals surface area (Å²) in [4.78, 5) is 16.3. The van der Waals surface area contributed by atoms with Crippen molar-refractivity contribution in [1.82, 2.24) is 30.2 Å². The van der Waals surface area contributed by atoms with Crippen molar-refractivity contribution < 1.29 is 9.32 Å². The highest BCUT2D eigenvalue weighted by molar-refractivity contribution is 5.93. The Balaban J connectivity index is 1.35. The van der Waals surface area contributed by atoms with E-state index in [0.717, 1.165) is 36.6 Å². The van der Waals surface area contributed by atoms with Gasteiger partial charge in [-0.15, -0.1) is 10.2 Å². The van der Waals surface area contributed by atoms with Crippen LogP contribution < -0.4 is 5.32 Å². The number of aromatic nitrogens is 5. The summed E-state index contributed by atoms with van der Waals surface area (Å²) in [6.07, 6.45) is 8.52. The minimum absolute atomic E-state index is 0.254. The van der Waals surface area contributed by atoms with Crippen LogP contribution in [-0.4, -0.2) is 37.4 Å². The fraction of sp³-hybridized carbons (Fsp3) is 0.389. The Morgan fingerprint density at radius 1 is 1.27 bits per heavy atom.